The highest BCUT2D eigenvalue weighted by molar-refractivity contribution is 6.46. The Morgan fingerprint density at radius 3 is 2.48 bits per heavy atom. The van der Waals surface area contributed by atoms with Crippen LogP contribution in [0.1, 0.15) is 36.9 Å². The molecule has 7 heteroatoms. The first-order valence-corrected chi connectivity index (χ1v) is 9.44. The number of carbonyl (C=O) groups excluding carboxylic acids is 2. The van der Waals surface area contributed by atoms with Gasteiger partial charge in [0.1, 0.15) is 17.3 Å². The van der Waals surface area contributed by atoms with Crippen LogP contribution >= 0.6 is 0 Å². The molecule has 0 aliphatic carbocycles. The number of ketones is 1. The minimum absolute atomic E-state index is 0.0424. The number of hydrogen-bond donors (Lipinski definition) is 1. The molecular weight excluding hydrogens is 372 g/mol. The molecule has 1 aromatic heterocycles. The van der Waals surface area contributed by atoms with Crippen molar-refractivity contribution in [2.45, 2.75) is 25.8 Å². The van der Waals surface area contributed by atoms with Crippen LogP contribution in [-0.4, -0.2) is 47.4 Å². The Hall–Kier alpha value is -3.35. The molecule has 1 aliphatic heterocycles. The van der Waals surface area contributed by atoms with Gasteiger partial charge in [-0.1, -0.05) is 13.3 Å². The molecular formula is C22H24N2O5. The number of carbonyl (C=O) groups is 2. The summed E-state index contributed by atoms with van der Waals surface area (Å²) in [6.07, 6.45) is 4.82. The molecule has 3 rings (SSSR count). The van der Waals surface area contributed by atoms with Crippen molar-refractivity contribution in [3.05, 3.63) is 59.4 Å². The normalized spacial score (nSPS) is 18.2. The summed E-state index contributed by atoms with van der Waals surface area (Å²) in [7, 11) is 2.99. The van der Waals surface area contributed by atoms with Gasteiger partial charge in [-0.15, -0.1) is 0 Å². The molecule has 1 N–H and O–H groups in total. The van der Waals surface area contributed by atoms with E-state index in [4.69, 9.17) is 9.47 Å². The predicted octanol–water partition coefficient (Wildman–Crippen LogP) is 3.32. The molecule has 29 heavy (non-hydrogen) atoms. The zero-order chi connectivity index (χ0) is 21.0. The van der Waals surface area contributed by atoms with Gasteiger partial charge in [-0.25, -0.2) is 0 Å². The van der Waals surface area contributed by atoms with Crippen LogP contribution in [-0.2, 0) is 9.59 Å². The van der Waals surface area contributed by atoms with Gasteiger partial charge in [0.2, 0.25) is 0 Å². The number of nitrogens with zero attached hydrogens (tertiary/aromatic N) is 2. The van der Waals surface area contributed by atoms with Gasteiger partial charge in [-0.05, 0) is 36.2 Å². The van der Waals surface area contributed by atoms with Crippen molar-refractivity contribution in [3.63, 3.8) is 0 Å². The summed E-state index contributed by atoms with van der Waals surface area (Å²) in [6.45, 7) is 2.44. The topological polar surface area (TPSA) is 89.0 Å². The molecule has 1 atom stereocenters. The Kier molecular flexibility index (Phi) is 6.16. The van der Waals surface area contributed by atoms with E-state index in [2.05, 4.69) is 4.98 Å². The molecule has 2 heterocycles. The van der Waals surface area contributed by atoms with E-state index in [-0.39, 0.29) is 11.3 Å². The number of aliphatic hydroxyl groups excluding tert-OH is 1. The second-order valence-corrected chi connectivity index (χ2v) is 6.69. The highest BCUT2D eigenvalue weighted by Gasteiger charge is 2.46. The number of ether oxygens (including phenoxy) is 2. The number of rotatable bonds is 7. The maximum absolute atomic E-state index is 12.9. The third kappa shape index (κ3) is 3.81. The number of amides is 1. The van der Waals surface area contributed by atoms with E-state index in [0.717, 1.165) is 12.8 Å². The van der Waals surface area contributed by atoms with Crippen LogP contribution in [0.15, 0.2) is 48.3 Å². The van der Waals surface area contributed by atoms with Crippen molar-refractivity contribution < 1.29 is 24.2 Å². The first-order valence-electron chi connectivity index (χ1n) is 9.44. The SMILES string of the molecule is CCCCN1C(=O)C(=O)/C(=C(\O)c2ccc(OC)cc2OC)C1c1ccncc1. The Morgan fingerprint density at radius 2 is 1.86 bits per heavy atom. The molecule has 1 unspecified atom stereocenters. The van der Waals surface area contributed by atoms with Crippen LogP contribution < -0.4 is 9.47 Å². The van der Waals surface area contributed by atoms with Crippen LogP contribution in [0.5, 0.6) is 11.5 Å². The lowest BCUT2D eigenvalue weighted by molar-refractivity contribution is -0.139. The maximum Gasteiger partial charge on any atom is 0.295 e. The molecule has 2 aromatic rings. The number of benzene rings is 1. The number of aromatic nitrogens is 1. The molecule has 152 valence electrons. The monoisotopic (exact) mass is 396 g/mol. The van der Waals surface area contributed by atoms with Crippen molar-refractivity contribution in [1.82, 2.24) is 9.88 Å². The van der Waals surface area contributed by atoms with Crippen molar-refractivity contribution >= 4 is 17.4 Å². The molecule has 0 saturated carbocycles. The highest BCUT2D eigenvalue weighted by Crippen LogP contribution is 2.41. The Bertz CT molecular complexity index is 939. The maximum atomic E-state index is 12.9. The number of pyridine rings is 1. The summed E-state index contributed by atoms with van der Waals surface area (Å²) < 4.78 is 10.6. The number of hydrogen-bond acceptors (Lipinski definition) is 6. The zero-order valence-corrected chi connectivity index (χ0v) is 16.7. The second-order valence-electron chi connectivity index (χ2n) is 6.69. The smallest absolute Gasteiger partial charge is 0.295 e. The fourth-order valence-electron chi connectivity index (χ4n) is 3.47. The van der Waals surface area contributed by atoms with Gasteiger partial charge in [0.05, 0.1) is 31.4 Å². The van der Waals surface area contributed by atoms with E-state index in [9.17, 15) is 14.7 Å². The number of Topliss-reactive ketones (excluding diaryl/α,β-unsaturated/α-hetero) is 1. The van der Waals surface area contributed by atoms with Gasteiger partial charge in [-0.2, -0.15) is 0 Å². The number of likely N-dealkylation sites (tertiary alicyclic amines) is 1. The Balaban J connectivity index is 2.18. The second kappa shape index (κ2) is 8.77. The van der Waals surface area contributed by atoms with Crippen molar-refractivity contribution in [1.29, 1.82) is 0 Å². The number of unbranched alkanes of at least 4 members (excludes halogenated alkanes) is 1. The quantitative estimate of drug-likeness (QED) is 0.439. The summed E-state index contributed by atoms with van der Waals surface area (Å²) in [5.41, 5.74) is 1.07. The van der Waals surface area contributed by atoms with E-state index in [0.29, 0.717) is 29.2 Å². The summed E-state index contributed by atoms with van der Waals surface area (Å²) in [5.74, 6) is -0.709. The van der Waals surface area contributed by atoms with E-state index < -0.39 is 17.7 Å². The van der Waals surface area contributed by atoms with E-state index in [1.807, 2.05) is 6.92 Å². The number of aliphatic hydroxyl groups is 1. The van der Waals surface area contributed by atoms with Crippen LogP contribution in [0.4, 0.5) is 0 Å². The van der Waals surface area contributed by atoms with E-state index in [1.165, 1.54) is 19.1 Å². The van der Waals surface area contributed by atoms with Crippen molar-refractivity contribution in [3.8, 4) is 11.5 Å². The van der Waals surface area contributed by atoms with Gasteiger partial charge < -0.3 is 19.5 Å². The Labute approximate surface area is 169 Å². The molecule has 1 saturated heterocycles. The number of methoxy groups -OCH3 is 2. The molecule has 0 bridgehead atoms. The minimum Gasteiger partial charge on any atom is -0.507 e. The van der Waals surface area contributed by atoms with Crippen LogP contribution in [0, 0.1) is 0 Å². The molecule has 0 spiro atoms. The van der Waals surface area contributed by atoms with Crippen molar-refractivity contribution in [2.75, 3.05) is 20.8 Å². The lowest BCUT2D eigenvalue weighted by Crippen LogP contribution is -2.30. The van der Waals surface area contributed by atoms with Crippen molar-refractivity contribution in [2.24, 2.45) is 0 Å². The first kappa shape index (κ1) is 20.4. The van der Waals surface area contributed by atoms with Gasteiger partial charge in [-0.3, -0.25) is 14.6 Å². The average Bonchev–Trinajstić information content (AvgIpc) is 3.02. The van der Waals surface area contributed by atoms with Gasteiger partial charge in [0.15, 0.2) is 0 Å². The van der Waals surface area contributed by atoms with E-state index in [1.54, 1.807) is 42.7 Å². The molecule has 1 amide bonds. The summed E-state index contributed by atoms with van der Waals surface area (Å²) in [4.78, 5) is 31.2. The molecule has 1 aliphatic rings. The fourth-order valence-corrected chi connectivity index (χ4v) is 3.47. The highest BCUT2D eigenvalue weighted by atomic mass is 16.5. The zero-order valence-electron chi connectivity index (χ0n) is 16.7. The lowest BCUT2D eigenvalue weighted by atomic mass is 9.95. The molecule has 1 fully saturated rings. The fraction of sp³-hybridized carbons (Fsp3) is 0.318. The van der Waals surface area contributed by atoms with E-state index >= 15 is 0 Å². The third-order valence-corrected chi connectivity index (χ3v) is 4.98. The average molecular weight is 396 g/mol. The summed E-state index contributed by atoms with van der Waals surface area (Å²) in [6, 6.07) is 7.69. The van der Waals surface area contributed by atoms with Gasteiger partial charge in [0, 0.05) is 25.0 Å². The van der Waals surface area contributed by atoms with Crippen LogP contribution in [0.2, 0.25) is 0 Å². The molecule has 1 aromatic carbocycles. The Morgan fingerprint density at radius 1 is 1.14 bits per heavy atom. The lowest BCUT2D eigenvalue weighted by Gasteiger charge is -2.25. The van der Waals surface area contributed by atoms with Crippen LogP contribution in [0.3, 0.4) is 0 Å². The minimum atomic E-state index is -0.710. The molecule has 0 radical (unpaired) electrons. The summed E-state index contributed by atoms with van der Waals surface area (Å²) in [5, 5.41) is 11.1. The van der Waals surface area contributed by atoms with Gasteiger partial charge >= 0.3 is 0 Å². The summed E-state index contributed by atoms with van der Waals surface area (Å²) >= 11 is 0. The standard InChI is InChI=1S/C22H24N2O5/c1-4-5-12-24-19(14-8-10-23-11-9-14)18(21(26)22(24)27)20(25)16-7-6-15(28-2)13-17(16)29-3/h6-11,13,19,25H,4-5,12H2,1-3H3/b20-18-. The largest absolute Gasteiger partial charge is 0.507 e. The molecule has 7 nitrogen and oxygen atoms in total. The van der Waals surface area contributed by atoms with Gasteiger partial charge in [0.25, 0.3) is 11.7 Å². The third-order valence-electron chi connectivity index (χ3n) is 4.98. The predicted molar refractivity (Wildman–Crippen MR) is 108 cm³/mol. The first-order chi connectivity index (χ1) is 14.0. The van der Waals surface area contributed by atoms with Crippen LogP contribution in [0.25, 0.3) is 5.76 Å².